The summed E-state index contributed by atoms with van der Waals surface area (Å²) in [7, 11) is 0. The third-order valence-electron chi connectivity index (χ3n) is 2.87. The number of aldehydes is 1. The predicted octanol–water partition coefficient (Wildman–Crippen LogP) is 3.22. The highest BCUT2D eigenvalue weighted by Gasteiger charge is 2.20. The van der Waals surface area contributed by atoms with Gasteiger partial charge in [0.05, 0.1) is 17.7 Å². The van der Waals surface area contributed by atoms with Gasteiger partial charge in [-0.25, -0.2) is 0 Å². The van der Waals surface area contributed by atoms with E-state index in [1.165, 1.54) is 0 Å². The molecular formula is C14H17BrO4. The van der Waals surface area contributed by atoms with Gasteiger partial charge in [0.25, 0.3) is 0 Å². The van der Waals surface area contributed by atoms with Crippen molar-refractivity contribution < 1.29 is 19.0 Å². The molecule has 1 unspecified atom stereocenters. The summed E-state index contributed by atoms with van der Waals surface area (Å²) in [5.41, 5.74) is 0.558. The van der Waals surface area contributed by atoms with Crippen molar-refractivity contribution in [1.29, 1.82) is 0 Å². The van der Waals surface area contributed by atoms with Gasteiger partial charge in [0.15, 0.2) is 11.5 Å². The van der Waals surface area contributed by atoms with Crippen molar-refractivity contribution in [2.75, 3.05) is 19.8 Å². The fourth-order valence-electron chi connectivity index (χ4n) is 2.00. The zero-order valence-corrected chi connectivity index (χ0v) is 12.4. The van der Waals surface area contributed by atoms with E-state index in [9.17, 15) is 4.79 Å². The molecule has 19 heavy (non-hydrogen) atoms. The van der Waals surface area contributed by atoms with E-state index in [2.05, 4.69) is 15.9 Å². The van der Waals surface area contributed by atoms with Crippen LogP contribution in [0, 0.1) is 0 Å². The Balaban J connectivity index is 2.23. The molecule has 0 aliphatic carbocycles. The van der Waals surface area contributed by atoms with Gasteiger partial charge in [0.2, 0.25) is 0 Å². The molecule has 1 atom stereocenters. The summed E-state index contributed by atoms with van der Waals surface area (Å²) >= 11 is 3.43. The molecule has 1 heterocycles. The SMILES string of the molecule is CCOc1cc(C=O)cc(Br)c1OC1CCCOC1. The van der Waals surface area contributed by atoms with Crippen LogP contribution in [0.5, 0.6) is 11.5 Å². The van der Waals surface area contributed by atoms with Crippen LogP contribution >= 0.6 is 15.9 Å². The number of carbonyl (C=O) groups excluding carboxylic acids is 1. The minimum Gasteiger partial charge on any atom is -0.490 e. The molecule has 1 fully saturated rings. The molecule has 0 amide bonds. The second-order valence-corrected chi connectivity index (χ2v) is 5.19. The van der Waals surface area contributed by atoms with Crippen molar-refractivity contribution in [3.63, 3.8) is 0 Å². The van der Waals surface area contributed by atoms with Crippen LogP contribution in [0.1, 0.15) is 30.1 Å². The van der Waals surface area contributed by atoms with E-state index in [1.807, 2.05) is 6.92 Å². The molecule has 1 aliphatic heterocycles. The number of carbonyl (C=O) groups is 1. The fraction of sp³-hybridized carbons (Fsp3) is 0.500. The first kappa shape index (κ1) is 14.3. The monoisotopic (exact) mass is 328 g/mol. The molecule has 104 valence electrons. The average Bonchev–Trinajstić information content (AvgIpc) is 2.43. The zero-order valence-electron chi connectivity index (χ0n) is 10.9. The van der Waals surface area contributed by atoms with E-state index in [4.69, 9.17) is 14.2 Å². The van der Waals surface area contributed by atoms with Gasteiger partial charge >= 0.3 is 0 Å². The molecule has 0 bridgehead atoms. The molecule has 0 aromatic heterocycles. The molecule has 5 heteroatoms. The number of hydrogen-bond donors (Lipinski definition) is 0. The van der Waals surface area contributed by atoms with Crippen LogP contribution in [0.15, 0.2) is 16.6 Å². The Hall–Kier alpha value is -1.07. The molecule has 1 aromatic carbocycles. The number of rotatable bonds is 5. The quantitative estimate of drug-likeness (QED) is 0.778. The lowest BCUT2D eigenvalue weighted by atomic mass is 10.1. The van der Waals surface area contributed by atoms with Gasteiger partial charge in [-0.3, -0.25) is 4.79 Å². The fourth-order valence-corrected chi connectivity index (χ4v) is 2.56. The summed E-state index contributed by atoms with van der Waals surface area (Å²) in [5, 5.41) is 0. The Kier molecular flexibility index (Phi) is 5.22. The Morgan fingerprint density at radius 2 is 2.37 bits per heavy atom. The average molecular weight is 329 g/mol. The number of ether oxygens (including phenoxy) is 3. The number of benzene rings is 1. The largest absolute Gasteiger partial charge is 0.490 e. The highest BCUT2D eigenvalue weighted by atomic mass is 79.9. The van der Waals surface area contributed by atoms with E-state index in [0.717, 1.165) is 30.2 Å². The molecular weight excluding hydrogens is 312 g/mol. The van der Waals surface area contributed by atoms with Crippen molar-refractivity contribution in [2.45, 2.75) is 25.9 Å². The second-order valence-electron chi connectivity index (χ2n) is 4.34. The Morgan fingerprint density at radius 1 is 1.53 bits per heavy atom. The van der Waals surface area contributed by atoms with Gasteiger partial charge < -0.3 is 14.2 Å². The lowest BCUT2D eigenvalue weighted by Crippen LogP contribution is -2.28. The summed E-state index contributed by atoms with van der Waals surface area (Å²) in [6, 6.07) is 3.43. The highest BCUT2D eigenvalue weighted by molar-refractivity contribution is 9.10. The Labute approximate surface area is 121 Å². The van der Waals surface area contributed by atoms with Crippen molar-refractivity contribution in [1.82, 2.24) is 0 Å². The lowest BCUT2D eigenvalue weighted by molar-refractivity contribution is 0.00591. The first-order valence-electron chi connectivity index (χ1n) is 6.40. The van der Waals surface area contributed by atoms with Crippen LogP contribution in [0.3, 0.4) is 0 Å². The van der Waals surface area contributed by atoms with E-state index in [1.54, 1.807) is 12.1 Å². The second kappa shape index (κ2) is 6.91. The minimum absolute atomic E-state index is 0.0336. The molecule has 0 radical (unpaired) electrons. The van der Waals surface area contributed by atoms with Gasteiger partial charge in [-0.1, -0.05) is 0 Å². The van der Waals surface area contributed by atoms with Crippen molar-refractivity contribution in [3.05, 3.63) is 22.2 Å². The summed E-state index contributed by atoms with van der Waals surface area (Å²) in [5.74, 6) is 1.23. The van der Waals surface area contributed by atoms with Crippen LogP contribution in [-0.4, -0.2) is 32.2 Å². The van der Waals surface area contributed by atoms with Gasteiger partial charge in [-0.05, 0) is 47.8 Å². The number of halogens is 1. The van der Waals surface area contributed by atoms with Crippen LogP contribution in [0.2, 0.25) is 0 Å². The summed E-state index contributed by atoms with van der Waals surface area (Å²) in [6.45, 7) is 3.80. The molecule has 1 aromatic rings. The van der Waals surface area contributed by atoms with Crippen LogP contribution < -0.4 is 9.47 Å². The first-order chi connectivity index (χ1) is 9.24. The van der Waals surface area contributed by atoms with Gasteiger partial charge in [-0.15, -0.1) is 0 Å². The molecule has 2 rings (SSSR count). The van der Waals surface area contributed by atoms with Crippen molar-refractivity contribution >= 4 is 22.2 Å². The maximum absolute atomic E-state index is 10.9. The normalized spacial score (nSPS) is 18.9. The van der Waals surface area contributed by atoms with Crippen molar-refractivity contribution in [2.24, 2.45) is 0 Å². The van der Waals surface area contributed by atoms with Gasteiger partial charge in [-0.2, -0.15) is 0 Å². The van der Waals surface area contributed by atoms with Crippen LogP contribution in [0.25, 0.3) is 0 Å². The summed E-state index contributed by atoms with van der Waals surface area (Å²) in [6.07, 6.45) is 2.79. The summed E-state index contributed by atoms with van der Waals surface area (Å²) in [4.78, 5) is 10.9. The van der Waals surface area contributed by atoms with E-state index in [0.29, 0.717) is 30.3 Å². The number of hydrogen-bond acceptors (Lipinski definition) is 4. The van der Waals surface area contributed by atoms with Gasteiger partial charge in [0.1, 0.15) is 12.4 Å². The third-order valence-corrected chi connectivity index (χ3v) is 3.46. The molecule has 1 aliphatic rings. The topological polar surface area (TPSA) is 44.8 Å². The third kappa shape index (κ3) is 3.70. The van der Waals surface area contributed by atoms with Crippen LogP contribution in [-0.2, 0) is 4.74 Å². The minimum atomic E-state index is 0.0336. The lowest BCUT2D eigenvalue weighted by Gasteiger charge is -2.25. The smallest absolute Gasteiger partial charge is 0.175 e. The first-order valence-corrected chi connectivity index (χ1v) is 7.19. The zero-order chi connectivity index (χ0) is 13.7. The van der Waals surface area contributed by atoms with Crippen molar-refractivity contribution in [3.8, 4) is 11.5 Å². The molecule has 0 N–H and O–H groups in total. The molecule has 1 saturated heterocycles. The van der Waals surface area contributed by atoms with E-state index < -0.39 is 0 Å². The Morgan fingerprint density at radius 3 is 3.00 bits per heavy atom. The summed E-state index contributed by atoms with van der Waals surface area (Å²) < 4.78 is 17.6. The standard InChI is InChI=1S/C14H17BrO4/c1-2-18-13-7-10(8-16)6-12(15)14(13)19-11-4-3-5-17-9-11/h6-8,11H,2-5,9H2,1H3. The van der Waals surface area contributed by atoms with E-state index >= 15 is 0 Å². The predicted molar refractivity (Wildman–Crippen MR) is 75.2 cm³/mol. The molecule has 0 saturated carbocycles. The van der Waals surface area contributed by atoms with Crippen LogP contribution in [0.4, 0.5) is 0 Å². The molecule has 0 spiro atoms. The maximum Gasteiger partial charge on any atom is 0.175 e. The maximum atomic E-state index is 10.9. The van der Waals surface area contributed by atoms with Gasteiger partial charge in [0, 0.05) is 12.2 Å². The highest BCUT2D eigenvalue weighted by Crippen LogP contribution is 2.37. The van der Waals surface area contributed by atoms with E-state index in [-0.39, 0.29) is 6.10 Å². The Bertz CT molecular complexity index is 441. The molecule has 4 nitrogen and oxygen atoms in total.